The molecule has 8 heteroatoms. The molecule has 0 radical (unpaired) electrons. The highest BCUT2D eigenvalue weighted by atomic mass is 35.5. The van der Waals surface area contributed by atoms with E-state index in [1.807, 2.05) is 31.2 Å². The van der Waals surface area contributed by atoms with Gasteiger partial charge in [0.05, 0.1) is 17.7 Å². The monoisotopic (exact) mass is 393 g/mol. The second kappa shape index (κ2) is 8.33. The number of carbonyl (C=O) groups excluding carboxylic acids is 1. The van der Waals surface area contributed by atoms with E-state index in [-0.39, 0.29) is 0 Å². The third kappa shape index (κ3) is 5.57. The molecule has 0 aliphatic heterocycles. The second-order valence-electron chi connectivity index (χ2n) is 5.85. The lowest BCUT2D eigenvalue weighted by Gasteiger charge is -2.21. The topological polar surface area (TPSA) is 78.8 Å². The van der Waals surface area contributed by atoms with Crippen LogP contribution in [0.3, 0.4) is 0 Å². The number of halogens is 1. The molecule has 2 rings (SSSR count). The molecule has 0 aliphatic rings. The highest BCUT2D eigenvalue weighted by Crippen LogP contribution is 2.21. The highest BCUT2D eigenvalue weighted by Gasteiger charge is 2.21. The van der Waals surface area contributed by atoms with Crippen LogP contribution >= 0.6 is 11.6 Å². The van der Waals surface area contributed by atoms with Crippen LogP contribution in [0.4, 0.5) is 5.69 Å². The fraction of sp³-hybridized carbons (Fsp3) is 0.222. The minimum absolute atomic E-state index is 0.314. The summed E-state index contributed by atoms with van der Waals surface area (Å²) in [4.78, 5) is 12.2. The van der Waals surface area contributed by atoms with Crippen molar-refractivity contribution in [2.45, 2.75) is 13.8 Å². The Morgan fingerprint density at radius 2 is 1.85 bits per heavy atom. The van der Waals surface area contributed by atoms with Gasteiger partial charge in [-0.15, -0.1) is 0 Å². The number of rotatable bonds is 6. The van der Waals surface area contributed by atoms with E-state index in [4.69, 9.17) is 11.6 Å². The zero-order valence-corrected chi connectivity index (χ0v) is 16.3. The van der Waals surface area contributed by atoms with Crippen LogP contribution in [0.2, 0.25) is 5.02 Å². The molecule has 0 aliphatic carbocycles. The average Bonchev–Trinajstić information content (AvgIpc) is 2.57. The van der Waals surface area contributed by atoms with Gasteiger partial charge in [-0.25, -0.2) is 13.8 Å². The molecule has 1 amide bonds. The van der Waals surface area contributed by atoms with Gasteiger partial charge in [-0.05, 0) is 37.6 Å². The third-order valence-electron chi connectivity index (χ3n) is 3.60. The SMILES string of the molecule is C/C(=N/NC(=O)CN(c1cccc(Cl)c1)S(C)(=O)=O)c1ccc(C)cc1. The number of hydrogen-bond donors (Lipinski definition) is 1. The van der Waals surface area contributed by atoms with Crippen molar-refractivity contribution in [2.24, 2.45) is 5.10 Å². The van der Waals surface area contributed by atoms with Crippen LogP contribution in [-0.4, -0.2) is 32.8 Å². The molecule has 0 aromatic heterocycles. The molecule has 26 heavy (non-hydrogen) atoms. The lowest BCUT2D eigenvalue weighted by molar-refractivity contribution is -0.119. The predicted molar refractivity (Wildman–Crippen MR) is 105 cm³/mol. The number of carbonyl (C=O) groups is 1. The lowest BCUT2D eigenvalue weighted by atomic mass is 10.1. The summed E-state index contributed by atoms with van der Waals surface area (Å²) in [6, 6.07) is 14.0. The van der Waals surface area contributed by atoms with E-state index in [1.54, 1.807) is 25.1 Å². The molecule has 0 fully saturated rings. The quantitative estimate of drug-likeness (QED) is 0.605. The Bertz CT molecular complexity index is 925. The maximum Gasteiger partial charge on any atom is 0.260 e. The summed E-state index contributed by atoms with van der Waals surface area (Å²) < 4.78 is 25.1. The van der Waals surface area contributed by atoms with E-state index < -0.39 is 22.5 Å². The Morgan fingerprint density at radius 1 is 1.19 bits per heavy atom. The second-order valence-corrected chi connectivity index (χ2v) is 8.19. The van der Waals surface area contributed by atoms with Crippen molar-refractivity contribution in [3.63, 3.8) is 0 Å². The number of hydrazone groups is 1. The van der Waals surface area contributed by atoms with Crippen molar-refractivity contribution < 1.29 is 13.2 Å². The highest BCUT2D eigenvalue weighted by molar-refractivity contribution is 7.92. The van der Waals surface area contributed by atoms with Gasteiger partial charge in [0.1, 0.15) is 6.54 Å². The largest absolute Gasteiger partial charge is 0.271 e. The van der Waals surface area contributed by atoms with Crippen LogP contribution in [-0.2, 0) is 14.8 Å². The van der Waals surface area contributed by atoms with Crippen LogP contribution < -0.4 is 9.73 Å². The molecular formula is C18H20ClN3O3S. The molecule has 0 saturated heterocycles. The summed E-state index contributed by atoms with van der Waals surface area (Å²) in [5, 5.41) is 4.42. The number of aryl methyl sites for hydroxylation is 1. The molecule has 6 nitrogen and oxygen atoms in total. The summed E-state index contributed by atoms with van der Waals surface area (Å²) >= 11 is 5.91. The minimum Gasteiger partial charge on any atom is -0.271 e. The van der Waals surface area contributed by atoms with E-state index in [1.165, 1.54) is 6.07 Å². The zero-order chi connectivity index (χ0) is 19.3. The fourth-order valence-corrected chi connectivity index (χ4v) is 3.24. The fourth-order valence-electron chi connectivity index (χ4n) is 2.20. The van der Waals surface area contributed by atoms with E-state index in [0.29, 0.717) is 16.4 Å². The summed E-state index contributed by atoms with van der Waals surface area (Å²) in [7, 11) is -3.66. The Balaban J connectivity index is 2.12. The molecule has 0 unspecified atom stereocenters. The lowest BCUT2D eigenvalue weighted by Crippen LogP contribution is -2.39. The first-order valence-corrected chi connectivity index (χ1v) is 10.0. The van der Waals surface area contributed by atoms with Crippen LogP contribution in [0, 0.1) is 6.92 Å². The Kier molecular flexibility index (Phi) is 6.39. The molecule has 0 spiro atoms. The average molecular weight is 394 g/mol. The smallest absolute Gasteiger partial charge is 0.260 e. The maximum absolute atomic E-state index is 12.2. The summed E-state index contributed by atoms with van der Waals surface area (Å²) in [6.45, 7) is 3.34. The molecule has 138 valence electrons. The summed E-state index contributed by atoms with van der Waals surface area (Å²) in [5.41, 5.74) is 5.31. The van der Waals surface area contributed by atoms with Crippen LogP contribution in [0.5, 0.6) is 0 Å². The van der Waals surface area contributed by atoms with Gasteiger partial charge in [-0.2, -0.15) is 5.10 Å². The maximum atomic E-state index is 12.2. The molecule has 2 aromatic rings. The van der Waals surface area contributed by atoms with Crippen molar-refractivity contribution >= 4 is 38.9 Å². The van der Waals surface area contributed by atoms with Crippen molar-refractivity contribution in [3.8, 4) is 0 Å². The van der Waals surface area contributed by atoms with Gasteiger partial charge in [0.2, 0.25) is 10.0 Å². The van der Waals surface area contributed by atoms with E-state index >= 15 is 0 Å². The van der Waals surface area contributed by atoms with Gasteiger partial charge in [0, 0.05) is 5.02 Å². The molecule has 1 N–H and O–H groups in total. The van der Waals surface area contributed by atoms with Gasteiger partial charge in [-0.3, -0.25) is 9.10 Å². The van der Waals surface area contributed by atoms with Gasteiger partial charge >= 0.3 is 0 Å². The standard InChI is InChI=1S/C18H20ClN3O3S/c1-13-7-9-15(10-8-13)14(2)20-21-18(23)12-22(26(3,24)25)17-6-4-5-16(19)11-17/h4-11H,12H2,1-3H3,(H,21,23)/b20-14-. The molecule has 0 atom stereocenters. The first kappa shape index (κ1) is 19.9. The van der Waals surface area contributed by atoms with Crippen molar-refractivity contribution in [3.05, 3.63) is 64.7 Å². The first-order chi connectivity index (χ1) is 12.2. The number of nitrogens with zero attached hydrogens (tertiary/aromatic N) is 2. The first-order valence-electron chi connectivity index (χ1n) is 7.80. The van der Waals surface area contributed by atoms with Gasteiger partial charge in [0.25, 0.3) is 5.91 Å². The predicted octanol–water partition coefficient (Wildman–Crippen LogP) is 2.95. The van der Waals surface area contributed by atoms with Crippen molar-refractivity contribution in [2.75, 3.05) is 17.1 Å². The van der Waals surface area contributed by atoms with E-state index in [9.17, 15) is 13.2 Å². The summed E-state index contributed by atoms with van der Waals surface area (Å²) in [5.74, 6) is -0.554. The Morgan fingerprint density at radius 3 is 2.42 bits per heavy atom. The molecule has 0 bridgehead atoms. The number of hydrogen-bond acceptors (Lipinski definition) is 4. The minimum atomic E-state index is -3.66. The molecule has 0 saturated carbocycles. The van der Waals surface area contributed by atoms with Gasteiger partial charge in [0.15, 0.2) is 0 Å². The van der Waals surface area contributed by atoms with Crippen LogP contribution in [0.25, 0.3) is 0 Å². The van der Waals surface area contributed by atoms with E-state index in [2.05, 4.69) is 10.5 Å². The summed E-state index contributed by atoms with van der Waals surface area (Å²) in [6.07, 6.45) is 1.03. The van der Waals surface area contributed by atoms with Crippen LogP contribution in [0.1, 0.15) is 18.1 Å². The van der Waals surface area contributed by atoms with Crippen molar-refractivity contribution in [1.29, 1.82) is 0 Å². The number of amides is 1. The number of sulfonamides is 1. The van der Waals surface area contributed by atoms with Crippen LogP contribution in [0.15, 0.2) is 53.6 Å². The number of anilines is 1. The van der Waals surface area contributed by atoms with Crippen molar-refractivity contribution in [1.82, 2.24) is 5.43 Å². The Hall–Kier alpha value is -2.38. The normalized spacial score (nSPS) is 11.9. The van der Waals surface area contributed by atoms with Gasteiger partial charge < -0.3 is 0 Å². The molecule has 2 aromatic carbocycles. The molecule has 0 heterocycles. The van der Waals surface area contributed by atoms with Gasteiger partial charge in [-0.1, -0.05) is 47.5 Å². The third-order valence-corrected chi connectivity index (χ3v) is 4.98. The Labute approximate surface area is 158 Å². The number of benzene rings is 2. The zero-order valence-electron chi connectivity index (χ0n) is 14.7. The number of nitrogens with one attached hydrogen (secondary N) is 1. The molecular weight excluding hydrogens is 374 g/mol. The van der Waals surface area contributed by atoms with E-state index in [0.717, 1.165) is 21.7 Å².